The quantitative estimate of drug-likeness (QED) is 0.553. The van der Waals surface area contributed by atoms with Crippen molar-refractivity contribution >= 4 is 12.4 Å². The molecule has 8 heavy (non-hydrogen) atoms. The first kappa shape index (κ1) is 8.21. The number of likely N-dealkylation sites (N-methyl/N-ethyl adjacent to an activating group) is 1. The minimum Gasteiger partial charge on any atom is -0.329 e. The molecule has 0 spiro atoms. The second kappa shape index (κ2) is 3.28. The summed E-state index contributed by atoms with van der Waals surface area (Å²) in [4.78, 5) is 2.28. The highest BCUT2D eigenvalue weighted by Gasteiger charge is 2.21. The monoisotopic (exact) mass is 136 g/mol. The molecule has 1 heterocycles. The smallest absolute Gasteiger partial charge is 0.0227 e. The second-order valence-corrected chi connectivity index (χ2v) is 2.16. The van der Waals surface area contributed by atoms with Crippen LogP contribution in [0.5, 0.6) is 0 Å². The Hall–Kier alpha value is 0.210. The van der Waals surface area contributed by atoms with Gasteiger partial charge in [-0.1, -0.05) is 0 Å². The molecule has 0 bridgehead atoms. The molecule has 0 aromatic carbocycles. The van der Waals surface area contributed by atoms with Crippen LogP contribution in [-0.2, 0) is 0 Å². The zero-order chi connectivity index (χ0) is 5.28. The lowest BCUT2D eigenvalue weighted by Crippen LogP contribution is -2.48. The predicted octanol–water partition coefficient (Wildman–Crippen LogP) is 0.0710. The third kappa shape index (κ3) is 1.34. The van der Waals surface area contributed by atoms with Crippen LogP contribution in [0.2, 0.25) is 0 Å². The van der Waals surface area contributed by atoms with E-state index >= 15 is 0 Å². The van der Waals surface area contributed by atoms with Crippen LogP contribution in [0.1, 0.15) is 6.42 Å². The lowest BCUT2D eigenvalue weighted by Gasteiger charge is -2.36. The molecule has 0 radical (unpaired) electrons. The van der Waals surface area contributed by atoms with E-state index in [1.807, 2.05) is 0 Å². The zero-order valence-electron chi connectivity index (χ0n) is 5.13. The average molecular weight is 137 g/mol. The Morgan fingerprint density at radius 3 is 2.38 bits per heavy atom. The van der Waals surface area contributed by atoms with Gasteiger partial charge in [0.05, 0.1) is 0 Å². The van der Waals surface area contributed by atoms with Crippen molar-refractivity contribution in [1.29, 1.82) is 0 Å². The number of likely N-dealkylation sites (tertiary alicyclic amines) is 1. The molecule has 1 unspecified atom stereocenters. The maximum Gasteiger partial charge on any atom is 0.0227 e. The molecule has 50 valence electrons. The lowest BCUT2D eigenvalue weighted by molar-refractivity contribution is 0.133. The van der Waals surface area contributed by atoms with Gasteiger partial charge in [-0.25, -0.2) is 0 Å². The van der Waals surface area contributed by atoms with E-state index in [0.29, 0.717) is 6.04 Å². The van der Waals surface area contributed by atoms with Gasteiger partial charge in [-0.3, -0.25) is 0 Å². The van der Waals surface area contributed by atoms with Gasteiger partial charge in [-0.2, -0.15) is 0 Å². The number of halogens is 1. The molecule has 1 aliphatic heterocycles. The molecule has 0 amide bonds. The SMILES string of the molecule is CN1CCC1CN.Cl. The van der Waals surface area contributed by atoms with Gasteiger partial charge in [0.2, 0.25) is 0 Å². The number of nitrogens with zero attached hydrogens (tertiary/aromatic N) is 1. The fraction of sp³-hybridized carbons (Fsp3) is 1.00. The fourth-order valence-corrected chi connectivity index (χ4v) is 0.868. The number of rotatable bonds is 1. The van der Waals surface area contributed by atoms with Gasteiger partial charge < -0.3 is 10.6 Å². The van der Waals surface area contributed by atoms with Crippen LogP contribution >= 0.6 is 12.4 Å². The number of hydrogen-bond donors (Lipinski definition) is 1. The molecule has 1 saturated heterocycles. The van der Waals surface area contributed by atoms with E-state index < -0.39 is 0 Å². The molecule has 0 aromatic heterocycles. The van der Waals surface area contributed by atoms with Crippen molar-refractivity contribution in [2.24, 2.45) is 5.73 Å². The van der Waals surface area contributed by atoms with Crippen LogP contribution in [0.25, 0.3) is 0 Å². The van der Waals surface area contributed by atoms with Crippen LogP contribution in [0.4, 0.5) is 0 Å². The molecule has 0 aromatic rings. The maximum atomic E-state index is 5.38. The van der Waals surface area contributed by atoms with Crippen LogP contribution in [0.15, 0.2) is 0 Å². The molecule has 3 heteroatoms. The van der Waals surface area contributed by atoms with Gasteiger partial charge in [0, 0.05) is 12.6 Å². The van der Waals surface area contributed by atoms with E-state index in [0.717, 1.165) is 6.54 Å². The van der Waals surface area contributed by atoms with Gasteiger partial charge in [0.15, 0.2) is 0 Å². The topological polar surface area (TPSA) is 29.3 Å². The highest BCUT2D eigenvalue weighted by atomic mass is 35.5. The number of nitrogens with two attached hydrogens (primary N) is 1. The van der Waals surface area contributed by atoms with Crippen LogP contribution in [-0.4, -0.2) is 31.1 Å². The Labute approximate surface area is 56.4 Å². The molecule has 1 aliphatic rings. The van der Waals surface area contributed by atoms with Crippen LogP contribution < -0.4 is 5.73 Å². The highest BCUT2D eigenvalue weighted by molar-refractivity contribution is 5.85. The Morgan fingerprint density at radius 2 is 2.38 bits per heavy atom. The first-order valence-corrected chi connectivity index (χ1v) is 2.75. The third-order valence-corrected chi connectivity index (χ3v) is 1.71. The summed E-state index contributed by atoms with van der Waals surface area (Å²) in [5.41, 5.74) is 5.38. The maximum absolute atomic E-state index is 5.38. The Bertz CT molecular complexity index is 65.4. The largest absolute Gasteiger partial charge is 0.329 e. The summed E-state index contributed by atoms with van der Waals surface area (Å²) in [6, 6.07) is 0.694. The molecular formula is C5H13ClN2. The standard InChI is InChI=1S/C5H12N2.ClH/c1-7-3-2-5(7)4-6;/h5H,2-4,6H2,1H3;1H. The fourth-order valence-electron chi connectivity index (χ4n) is 0.868. The van der Waals surface area contributed by atoms with Crippen LogP contribution in [0, 0.1) is 0 Å². The molecule has 1 atom stereocenters. The van der Waals surface area contributed by atoms with Crippen molar-refractivity contribution in [3.05, 3.63) is 0 Å². The van der Waals surface area contributed by atoms with E-state index in [-0.39, 0.29) is 12.4 Å². The zero-order valence-corrected chi connectivity index (χ0v) is 5.95. The number of hydrogen-bond acceptors (Lipinski definition) is 2. The molecule has 2 N–H and O–H groups in total. The van der Waals surface area contributed by atoms with Crippen molar-refractivity contribution in [3.8, 4) is 0 Å². The first-order chi connectivity index (χ1) is 3.34. The van der Waals surface area contributed by atoms with E-state index in [4.69, 9.17) is 5.73 Å². The van der Waals surface area contributed by atoms with Crippen molar-refractivity contribution in [1.82, 2.24) is 4.90 Å². The first-order valence-electron chi connectivity index (χ1n) is 2.75. The minimum absolute atomic E-state index is 0. The molecule has 2 nitrogen and oxygen atoms in total. The third-order valence-electron chi connectivity index (χ3n) is 1.71. The Balaban J connectivity index is 0.000000490. The normalized spacial score (nSPS) is 28.5. The predicted molar refractivity (Wildman–Crippen MR) is 37.3 cm³/mol. The van der Waals surface area contributed by atoms with Crippen LogP contribution in [0.3, 0.4) is 0 Å². The van der Waals surface area contributed by atoms with Gasteiger partial charge in [0.25, 0.3) is 0 Å². The summed E-state index contributed by atoms with van der Waals surface area (Å²) in [7, 11) is 2.11. The summed E-state index contributed by atoms with van der Waals surface area (Å²) in [6.45, 7) is 2.07. The summed E-state index contributed by atoms with van der Waals surface area (Å²) >= 11 is 0. The van der Waals surface area contributed by atoms with Crippen molar-refractivity contribution in [3.63, 3.8) is 0 Å². The van der Waals surface area contributed by atoms with Crippen molar-refractivity contribution < 1.29 is 0 Å². The summed E-state index contributed by atoms with van der Waals surface area (Å²) in [6.07, 6.45) is 1.30. The minimum atomic E-state index is 0. The average Bonchev–Trinajstić information content (AvgIpc) is 1.65. The van der Waals surface area contributed by atoms with E-state index in [1.165, 1.54) is 13.0 Å². The molecule has 0 saturated carbocycles. The van der Waals surface area contributed by atoms with Crippen molar-refractivity contribution in [2.75, 3.05) is 20.1 Å². The summed E-state index contributed by atoms with van der Waals surface area (Å²) in [5.74, 6) is 0. The lowest BCUT2D eigenvalue weighted by atomic mass is 10.1. The molecular weight excluding hydrogens is 124 g/mol. The highest BCUT2D eigenvalue weighted by Crippen LogP contribution is 2.11. The van der Waals surface area contributed by atoms with E-state index in [1.54, 1.807) is 0 Å². The van der Waals surface area contributed by atoms with E-state index in [9.17, 15) is 0 Å². The van der Waals surface area contributed by atoms with E-state index in [2.05, 4.69) is 11.9 Å². The molecule has 0 aliphatic carbocycles. The second-order valence-electron chi connectivity index (χ2n) is 2.16. The molecule has 1 rings (SSSR count). The van der Waals surface area contributed by atoms with Gasteiger partial charge in [-0.15, -0.1) is 12.4 Å². The summed E-state index contributed by atoms with van der Waals surface area (Å²) in [5, 5.41) is 0. The van der Waals surface area contributed by atoms with Gasteiger partial charge >= 0.3 is 0 Å². The Kier molecular flexibility index (Phi) is 3.36. The van der Waals surface area contributed by atoms with Gasteiger partial charge in [0.1, 0.15) is 0 Å². The van der Waals surface area contributed by atoms with Crippen molar-refractivity contribution in [2.45, 2.75) is 12.5 Å². The van der Waals surface area contributed by atoms with Gasteiger partial charge in [-0.05, 0) is 20.0 Å². The Morgan fingerprint density at radius 1 is 1.75 bits per heavy atom. The summed E-state index contributed by atoms with van der Waals surface area (Å²) < 4.78 is 0. The molecule has 1 fully saturated rings.